The Morgan fingerprint density at radius 2 is 1.80 bits per heavy atom. The number of benzene rings is 1. The molecule has 5 heteroatoms. The van der Waals surface area contributed by atoms with Gasteiger partial charge in [-0.1, -0.05) is 23.7 Å². The van der Waals surface area contributed by atoms with Crippen LogP contribution in [0.1, 0.15) is 30.7 Å². The number of carbonyl (C=O) groups excluding carboxylic acids is 1. The van der Waals surface area contributed by atoms with Gasteiger partial charge in [-0.15, -0.1) is 0 Å². The third-order valence-corrected chi connectivity index (χ3v) is 4.95. The van der Waals surface area contributed by atoms with Crippen molar-refractivity contribution >= 4 is 23.5 Å². The van der Waals surface area contributed by atoms with Crippen molar-refractivity contribution in [2.75, 3.05) is 0 Å². The first-order valence-electron chi connectivity index (χ1n) is 6.95. The second-order valence-corrected chi connectivity index (χ2v) is 6.25. The molecule has 0 aromatic heterocycles. The highest BCUT2D eigenvalue weighted by Gasteiger charge is 2.51. The van der Waals surface area contributed by atoms with Crippen molar-refractivity contribution in [3.05, 3.63) is 34.9 Å². The molecule has 4 N–H and O–H groups in total. The van der Waals surface area contributed by atoms with Crippen LogP contribution in [-0.2, 0) is 4.79 Å². The molecule has 0 aliphatic heterocycles. The minimum absolute atomic E-state index is 0.0861. The van der Waals surface area contributed by atoms with Crippen LogP contribution >= 0.6 is 11.6 Å². The maximum absolute atomic E-state index is 12.3. The van der Waals surface area contributed by atoms with Gasteiger partial charge >= 0.3 is 0 Å². The predicted octanol–water partition coefficient (Wildman–Crippen LogP) is 2.27. The molecule has 2 bridgehead atoms. The summed E-state index contributed by atoms with van der Waals surface area (Å²) in [5.41, 5.74) is 11.9. The van der Waals surface area contributed by atoms with Crippen LogP contribution in [0, 0.1) is 17.8 Å². The van der Waals surface area contributed by atoms with Crippen LogP contribution in [0.25, 0.3) is 0 Å². The van der Waals surface area contributed by atoms with Crippen molar-refractivity contribution in [2.24, 2.45) is 34.2 Å². The van der Waals surface area contributed by atoms with Gasteiger partial charge in [0.15, 0.2) is 5.96 Å². The monoisotopic (exact) mass is 291 g/mol. The van der Waals surface area contributed by atoms with Crippen molar-refractivity contribution in [3.63, 3.8) is 0 Å². The van der Waals surface area contributed by atoms with Gasteiger partial charge in [-0.3, -0.25) is 4.79 Å². The van der Waals surface area contributed by atoms with Crippen LogP contribution in [0.3, 0.4) is 0 Å². The second kappa shape index (κ2) is 5.09. The molecule has 0 radical (unpaired) electrons. The molecule has 1 aromatic rings. The number of hydrogen-bond acceptors (Lipinski definition) is 1. The molecule has 2 fully saturated rings. The number of rotatable bonds is 2. The van der Waals surface area contributed by atoms with Gasteiger partial charge in [0.05, 0.1) is 5.92 Å². The average molecular weight is 292 g/mol. The van der Waals surface area contributed by atoms with Crippen LogP contribution in [0.2, 0.25) is 5.02 Å². The van der Waals surface area contributed by atoms with Crippen molar-refractivity contribution < 1.29 is 4.79 Å². The largest absolute Gasteiger partial charge is 0.370 e. The molecule has 0 spiro atoms. The summed E-state index contributed by atoms with van der Waals surface area (Å²) < 4.78 is 0. The van der Waals surface area contributed by atoms with E-state index in [1.807, 2.05) is 24.3 Å². The van der Waals surface area contributed by atoms with Gasteiger partial charge in [0.1, 0.15) is 0 Å². The standard InChI is InChI=1S/C15H18ClN3O/c16-11-5-3-8(4-6-11)12-9-1-2-10(7-9)13(12)14(20)19-15(17)18/h3-6,9-10,12-13H,1-2,7H2,(H4,17,18,19,20)/t9?,10?,12-,13-/m1/s1. The molecule has 3 rings (SSSR count). The quantitative estimate of drug-likeness (QED) is 0.648. The highest BCUT2D eigenvalue weighted by Crippen LogP contribution is 2.57. The maximum Gasteiger partial charge on any atom is 0.252 e. The third-order valence-electron chi connectivity index (χ3n) is 4.70. The minimum Gasteiger partial charge on any atom is -0.370 e. The molecule has 2 unspecified atom stereocenters. The van der Waals surface area contributed by atoms with Crippen molar-refractivity contribution in [1.29, 1.82) is 0 Å². The van der Waals surface area contributed by atoms with Gasteiger partial charge in [0.2, 0.25) is 0 Å². The number of carbonyl (C=O) groups is 1. The number of nitrogens with two attached hydrogens (primary N) is 2. The van der Waals surface area contributed by atoms with E-state index in [0.29, 0.717) is 16.9 Å². The normalized spacial score (nSPS) is 31.2. The fourth-order valence-corrected chi connectivity index (χ4v) is 4.14. The van der Waals surface area contributed by atoms with Crippen molar-refractivity contribution in [2.45, 2.75) is 25.2 Å². The summed E-state index contributed by atoms with van der Waals surface area (Å²) in [6.45, 7) is 0. The summed E-state index contributed by atoms with van der Waals surface area (Å²) in [6.07, 6.45) is 3.39. The Balaban J connectivity index is 1.93. The maximum atomic E-state index is 12.3. The average Bonchev–Trinajstić information content (AvgIpc) is 2.99. The molecule has 4 nitrogen and oxygen atoms in total. The number of hydrogen-bond donors (Lipinski definition) is 2. The summed E-state index contributed by atoms with van der Waals surface area (Å²) in [7, 11) is 0. The fourth-order valence-electron chi connectivity index (χ4n) is 4.01. The zero-order valence-electron chi connectivity index (χ0n) is 11.1. The van der Waals surface area contributed by atoms with Crippen LogP contribution in [-0.4, -0.2) is 11.9 Å². The van der Waals surface area contributed by atoms with Gasteiger partial charge in [0, 0.05) is 5.02 Å². The lowest BCUT2D eigenvalue weighted by atomic mass is 9.75. The molecule has 1 amide bonds. The van der Waals surface area contributed by atoms with Gasteiger partial charge in [-0.05, 0) is 54.7 Å². The third kappa shape index (κ3) is 2.29. The first kappa shape index (κ1) is 13.4. The Labute approximate surface area is 123 Å². The van der Waals surface area contributed by atoms with E-state index in [1.165, 1.54) is 12.0 Å². The summed E-state index contributed by atoms with van der Waals surface area (Å²) in [6, 6.07) is 7.79. The van der Waals surface area contributed by atoms with E-state index < -0.39 is 0 Å². The topological polar surface area (TPSA) is 81.5 Å². The van der Waals surface area contributed by atoms with E-state index in [2.05, 4.69) is 4.99 Å². The molecule has 106 valence electrons. The second-order valence-electron chi connectivity index (χ2n) is 5.81. The zero-order chi connectivity index (χ0) is 14.3. The zero-order valence-corrected chi connectivity index (χ0v) is 11.9. The molecule has 0 heterocycles. The fraction of sp³-hybridized carbons (Fsp3) is 0.467. The molecular formula is C15H18ClN3O. The van der Waals surface area contributed by atoms with E-state index in [1.54, 1.807) is 0 Å². The molecule has 2 aliphatic carbocycles. The van der Waals surface area contributed by atoms with Gasteiger partial charge in [-0.2, -0.15) is 4.99 Å². The van der Waals surface area contributed by atoms with Crippen LogP contribution < -0.4 is 11.5 Å². The molecule has 1 aromatic carbocycles. The van der Waals surface area contributed by atoms with Crippen LogP contribution in [0.5, 0.6) is 0 Å². The molecule has 2 saturated carbocycles. The summed E-state index contributed by atoms with van der Waals surface area (Å²) >= 11 is 5.94. The van der Waals surface area contributed by atoms with Crippen LogP contribution in [0.15, 0.2) is 29.3 Å². The van der Waals surface area contributed by atoms with Crippen LogP contribution in [0.4, 0.5) is 0 Å². The van der Waals surface area contributed by atoms with E-state index in [4.69, 9.17) is 23.1 Å². The lowest BCUT2D eigenvalue weighted by Gasteiger charge is -2.29. The van der Waals surface area contributed by atoms with Crippen molar-refractivity contribution in [1.82, 2.24) is 0 Å². The number of guanidine groups is 1. The number of nitrogens with zero attached hydrogens (tertiary/aromatic N) is 1. The van der Waals surface area contributed by atoms with E-state index in [0.717, 1.165) is 12.8 Å². The Morgan fingerprint density at radius 3 is 2.45 bits per heavy atom. The Hall–Kier alpha value is -1.55. The molecule has 4 atom stereocenters. The first-order chi connectivity index (χ1) is 9.56. The molecule has 2 aliphatic rings. The summed E-state index contributed by atoms with van der Waals surface area (Å²) in [4.78, 5) is 16.1. The number of amides is 1. The number of aliphatic imine (C=N–C) groups is 1. The minimum atomic E-state index is -0.169. The molecular weight excluding hydrogens is 274 g/mol. The van der Waals surface area contributed by atoms with Gasteiger partial charge in [-0.25, -0.2) is 0 Å². The van der Waals surface area contributed by atoms with Gasteiger partial charge < -0.3 is 11.5 Å². The number of fused-ring (bicyclic) bond motifs is 2. The van der Waals surface area contributed by atoms with Crippen molar-refractivity contribution in [3.8, 4) is 0 Å². The predicted molar refractivity (Wildman–Crippen MR) is 79.3 cm³/mol. The SMILES string of the molecule is NC(N)=NC(=O)[C@@H]1C2CCC(C2)[C@H]1c1ccc(Cl)cc1. The Bertz CT molecular complexity index is 551. The molecule has 0 saturated heterocycles. The Kier molecular flexibility index (Phi) is 3.42. The van der Waals surface area contributed by atoms with Gasteiger partial charge in [0.25, 0.3) is 5.91 Å². The Morgan fingerprint density at radius 1 is 1.15 bits per heavy atom. The van der Waals surface area contributed by atoms with E-state index in [-0.39, 0.29) is 23.7 Å². The highest BCUT2D eigenvalue weighted by atomic mass is 35.5. The molecule has 20 heavy (non-hydrogen) atoms. The smallest absolute Gasteiger partial charge is 0.252 e. The highest BCUT2D eigenvalue weighted by molar-refractivity contribution is 6.30. The lowest BCUT2D eigenvalue weighted by Crippen LogP contribution is -2.31. The first-order valence-corrected chi connectivity index (χ1v) is 7.33. The summed E-state index contributed by atoms with van der Waals surface area (Å²) in [5, 5.41) is 0.712. The summed E-state index contributed by atoms with van der Waals surface area (Å²) in [5.74, 6) is 0.795. The lowest BCUT2D eigenvalue weighted by molar-refractivity contribution is -0.123. The van der Waals surface area contributed by atoms with E-state index in [9.17, 15) is 4.79 Å². The number of halogens is 1. The van der Waals surface area contributed by atoms with E-state index >= 15 is 0 Å².